The Morgan fingerprint density at radius 2 is 1.86 bits per heavy atom. The lowest BCUT2D eigenvalue weighted by Gasteiger charge is -2.19. The lowest BCUT2D eigenvalue weighted by Crippen LogP contribution is -2.39. The van der Waals surface area contributed by atoms with Crippen LogP contribution in [0.1, 0.15) is 46.3 Å². The standard InChI is InChI=1S/C20H36N4O4.HI/c1-5-26-15-8-13-22-18(23-14-10-17-9-6-16-27-17)21-11-7-12-24-19(25)28-20(2,3)4;/h6,9,16H,5,7-8,10-15H2,1-4H3,(H,24,25)(H2,21,22,23);1H. The van der Waals surface area contributed by atoms with Gasteiger partial charge in [-0.2, -0.15) is 0 Å². The van der Waals surface area contributed by atoms with Gasteiger partial charge < -0.3 is 29.8 Å². The van der Waals surface area contributed by atoms with Crippen molar-refractivity contribution in [2.75, 3.05) is 39.4 Å². The molecule has 1 heterocycles. The maximum Gasteiger partial charge on any atom is 0.407 e. The van der Waals surface area contributed by atoms with Crippen LogP contribution in [0.25, 0.3) is 0 Å². The SMILES string of the molecule is CCOCCCNC(=NCCCNC(=O)OC(C)(C)C)NCCc1ccco1.I. The molecule has 29 heavy (non-hydrogen) atoms. The maximum absolute atomic E-state index is 11.6. The summed E-state index contributed by atoms with van der Waals surface area (Å²) in [6.07, 6.45) is 3.69. The fourth-order valence-corrected chi connectivity index (χ4v) is 2.23. The van der Waals surface area contributed by atoms with Gasteiger partial charge in [0, 0.05) is 45.8 Å². The number of hydrogen-bond acceptors (Lipinski definition) is 5. The summed E-state index contributed by atoms with van der Waals surface area (Å²) < 4.78 is 15.9. The highest BCUT2D eigenvalue weighted by molar-refractivity contribution is 14.0. The number of guanidine groups is 1. The largest absolute Gasteiger partial charge is 0.469 e. The average Bonchev–Trinajstić information content (AvgIpc) is 3.12. The van der Waals surface area contributed by atoms with Crippen LogP contribution in [0.2, 0.25) is 0 Å². The first kappa shape index (κ1) is 27.5. The molecule has 0 fully saturated rings. The van der Waals surface area contributed by atoms with Crippen molar-refractivity contribution in [2.45, 2.75) is 52.6 Å². The number of amides is 1. The Morgan fingerprint density at radius 3 is 2.52 bits per heavy atom. The molecular formula is C20H37IN4O4. The van der Waals surface area contributed by atoms with Gasteiger partial charge in [0.1, 0.15) is 11.4 Å². The van der Waals surface area contributed by atoms with Gasteiger partial charge in [0.15, 0.2) is 5.96 Å². The molecule has 1 aromatic heterocycles. The summed E-state index contributed by atoms with van der Waals surface area (Å²) in [5.74, 6) is 1.69. The number of carbonyl (C=O) groups excluding carboxylic acids is 1. The van der Waals surface area contributed by atoms with Gasteiger partial charge in [0.05, 0.1) is 6.26 Å². The monoisotopic (exact) mass is 524 g/mol. The lowest BCUT2D eigenvalue weighted by molar-refractivity contribution is 0.0527. The van der Waals surface area contributed by atoms with Gasteiger partial charge in [0.2, 0.25) is 0 Å². The summed E-state index contributed by atoms with van der Waals surface area (Å²) in [7, 11) is 0. The number of nitrogens with zero attached hydrogens (tertiary/aromatic N) is 1. The third kappa shape index (κ3) is 16.0. The summed E-state index contributed by atoms with van der Waals surface area (Å²) in [5.41, 5.74) is -0.487. The van der Waals surface area contributed by atoms with E-state index in [9.17, 15) is 4.79 Å². The average molecular weight is 524 g/mol. The number of rotatable bonds is 12. The molecule has 0 aliphatic rings. The number of furan rings is 1. The van der Waals surface area contributed by atoms with E-state index in [4.69, 9.17) is 13.9 Å². The molecule has 0 aliphatic heterocycles. The van der Waals surface area contributed by atoms with Crippen molar-refractivity contribution in [3.8, 4) is 0 Å². The van der Waals surface area contributed by atoms with Gasteiger partial charge in [-0.1, -0.05) is 0 Å². The number of halogens is 1. The predicted octanol–water partition coefficient (Wildman–Crippen LogP) is 3.32. The smallest absolute Gasteiger partial charge is 0.407 e. The molecule has 0 bridgehead atoms. The van der Waals surface area contributed by atoms with Crippen LogP contribution >= 0.6 is 24.0 Å². The Bertz CT molecular complexity index is 559. The van der Waals surface area contributed by atoms with Gasteiger partial charge in [-0.15, -0.1) is 24.0 Å². The summed E-state index contributed by atoms with van der Waals surface area (Å²) in [6, 6.07) is 3.84. The van der Waals surface area contributed by atoms with E-state index >= 15 is 0 Å². The molecule has 0 aliphatic carbocycles. The van der Waals surface area contributed by atoms with Crippen molar-refractivity contribution < 1.29 is 18.7 Å². The maximum atomic E-state index is 11.6. The molecule has 1 aromatic rings. The second-order valence-corrected chi connectivity index (χ2v) is 7.25. The molecule has 3 N–H and O–H groups in total. The van der Waals surface area contributed by atoms with Crippen LogP contribution in [-0.4, -0.2) is 57.0 Å². The van der Waals surface area contributed by atoms with Gasteiger partial charge in [-0.05, 0) is 52.7 Å². The van der Waals surface area contributed by atoms with Crippen LogP contribution in [0.4, 0.5) is 4.79 Å². The molecule has 168 valence electrons. The highest BCUT2D eigenvalue weighted by Crippen LogP contribution is 2.06. The van der Waals surface area contributed by atoms with Crippen LogP contribution in [0.5, 0.6) is 0 Å². The molecule has 0 radical (unpaired) electrons. The second kappa shape index (κ2) is 16.3. The number of nitrogens with one attached hydrogen (secondary N) is 3. The van der Waals surface area contributed by atoms with Gasteiger partial charge in [-0.3, -0.25) is 4.99 Å². The normalized spacial score (nSPS) is 11.5. The topological polar surface area (TPSA) is 97.1 Å². The molecule has 8 nitrogen and oxygen atoms in total. The first-order valence-electron chi connectivity index (χ1n) is 10.00. The molecule has 9 heteroatoms. The summed E-state index contributed by atoms with van der Waals surface area (Å²) in [4.78, 5) is 16.2. The van der Waals surface area contributed by atoms with E-state index < -0.39 is 11.7 Å². The highest BCUT2D eigenvalue weighted by Gasteiger charge is 2.15. The van der Waals surface area contributed by atoms with Crippen LogP contribution in [-0.2, 0) is 15.9 Å². The van der Waals surface area contributed by atoms with E-state index in [-0.39, 0.29) is 24.0 Å². The van der Waals surface area contributed by atoms with Gasteiger partial charge in [-0.25, -0.2) is 4.79 Å². The van der Waals surface area contributed by atoms with Crippen LogP contribution < -0.4 is 16.0 Å². The van der Waals surface area contributed by atoms with E-state index in [0.717, 1.165) is 57.3 Å². The zero-order chi connectivity index (χ0) is 20.7. The van der Waals surface area contributed by atoms with E-state index in [1.54, 1.807) is 6.26 Å². The molecule has 0 atom stereocenters. The Kier molecular flexibility index (Phi) is 15.5. The van der Waals surface area contributed by atoms with Crippen molar-refractivity contribution >= 4 is 36.0 Å². The van der Waals surface area contributed by atoms with Crippen LogP contribution in [0.15, 0.2) is 27.8 Å². The van der Waals surface area contributed by atoms with Crippen molar-refractivity contribution in [2.24, 2.45) is 4.99 Å². The van der Waals surface area contributed by atoms with E-state index in [1.807, 2.05) is 39.8 Å². The van der Waals surface area contributed by atoms with Crippen molar-refractivity contribution in [1.82, 2.24) is 16.0 Å². The van der Waals surface area contributed by atoms with Crippen LogP contribution in [0.3, 0.4) is 0 Å². The molecule has 0 saturated heterocycles. The number of alkyl carbamates (subject to hydrolysis) is 1. The third-order valence-corrected chi connectivity index (χ3v) is 3.48. The fourth-order valence-electron chi connectivity index (χ4n) is 2.23. The van der Waals surface area contributed by atoms with Gasteiger partial charge >= 0.3 is 6.09 Å². The van der Waals surface area contributed by atoms with E-state index in [2.05, 4.69) is 20.9 Å². The van der Waals surface area contributed by atoms with E-state index in [1.165, 1.54) is 0 Å². The Morgan fingerprint density at radius 1 is 1.14 bits per heavy atom. The molecule has 0 spiro atoms. The molecular weight excluding hydrogens is 487 g/mol. The summed E-state index contributed by atoms with van der Waals surface area (Å²) in [5, 5.41) is 9.35. The quantitative estimate of drug-likeness (QED) is 0.168. The molecule has 0 unspecified atom stereocenters. The lowest BCUT2D eigenvalue weighted by atomic mass is 10.2. The Hall–Kier alpha value is -1.49. The zero-order valence-electron chi connectivity index (χ0n) is 18.1. The first-order valence-corrected chi connectivity index (χ1v) is 10.00. The molecule has 1 amide bonds. The van der Waals surface area contributed by atoms with Gasteiger partial charge in [0.25, 0.3) is 0 Å². The summed E-state index contributed by atoms with van der Waals surface area (Å²) in [6.45, 7) is 11.6. The van der Waals surface area contributed by atoms with Crippen LogP contribution in [0, 0.1) is 0 Å². The van der Waals surface area contributed by atoms with Crippen molar-refractivity contribution in [3.63, 3.8) is 0 Å². The minimum atomic E-state index is -0.487. The number of hydrogen-bond donors (Lipinski definition) is 3. The number of carbonyl (C=O) groups is 1. The molecule has 0 saturated carbocycles. The van der Waals surface area contributed by atoms with Crippen molar-refractivity contribution in [3.05, 3.63) is 24.2 Å². The highest BCUT2D eigenvalue weighted by atomic mass is 127. The first-order chi connectivity index (χ1) is 13.4. The van der Waals surface area contributed by atoms with E-state index in [0.29, 0.717) is 13.1 Å². The summed E-state index contributed by atoms with van der Waals surface area (Å²) >= 11 is 0. The third-order valence-electron chi connectivity index (χ3n) is 3.48. The fraction of sp³-hybridized carbons (Fsp3) is 0.700. The Labute approximate surface area is 191 Å². The molecule has 1 rings (SSSR count). The molecule has 0 aromatic carbocycles. The predicted molar refractivity (Wildman–Crippen MR) is 126 cm³/mol. The minimum Gasteiger partial charge on any atom is -0.469 e. The number of ether oxygens (including phenoxy) is 2. The Balaban J connectivity index is 0.00000784. The number of aliphatic imine (C=N–C) groups is 1. The second-order valence-electron chi connectivity index (χ2n) is 7.25. The zero-order valence-corrected chi connectivity index (χ0v) is 20.4. The minimum absolute atomic E-state index is 0. The van der Waals surface area contributed by atoms with Crippen molar-refractivity contribution in [1.29, 1.82) is 0 Å².